The predicted octanol–water partition coefficient (Wildman–Crippen LogP) is 3.65. The van der Waals surface area contributed by atoms with E-state index in [-0.39, 0.29) is 0 Å². The minimum absolute atomic E-state index is 0.512. The Morgan fingerprint density at radius 3 is 2.56 bits per heavy atom. The summed E-state index contributed by atoms with van der Waals surface area (Å²) >= 11 is 3.38. The molecule has 0 saturated heterocycles. The van der Waals surface area contributed by atoms with E-state index in [0.717, 1.165) is 10.2 Å². The van der Waals surface area contributed by atoms with Crippen LogP contribution in [0.2, 0.25) is 0 Å². The number of benzene rings is 1. The van der Waals surface area contributed by atoms with Crippen molar-refractivity contribution in [2.24, 2.45) is 0 Å². The Morgan fingerprint density at radius 2 is 1.81 bits per heavy atom. The molecule has 0 spiro atoms. The van der Waals surface area contributed by atoms with Crippen molar-refractivity contribution in [3.05, 3.63) is 46.9 Å². The van der Waals surface area contributed by atoms with Crippen molar-refractivity contribution in [2.75, 3.05) is 7.11 Å². The molecule has 0 bridgehead atoms. The van der Waals surface area contributed by atoms with E-state index in [1.54, 1.807) is 19.2 Å². The van der Waals surface area contributed by atoms with Crippen molar-refractivity contribution < 1.29 is 9.47 Å². The lowest BCUT2D eigenvalue weighted by Crippen LogP contribution is -1.91. The van der Waals surface area contributed by atoms with Crippen LogP contribution in [0.15, 0.2) is 46.9 Å². The van der Waals surface area contributed by atoms with Gasteiger partial charge in [-0.05, 0) is 18.2 Å². The maximum atomic E-state index is 5.58. The summed E-state index contributed by atoms with van der Waals surface area (Å²) in [5.41, 5.74) is 0. The third-order valence-electron chi connectivity index (χ3n) is 1.93. The van der Waals surface area contributed by atoms with Gasteiger partial charge in [-0.2, -0.15) is 4.98 Å². The van der Waals surface area contributed by atoms with E-state index in [1.807, 2.05) is 30.3 Å². The highest BCUT2D eigenvalue weighted by Crippen LogP contribution is 2.24. The fraction of sp³-hybridized carbons (Fsp3) is 0.0833. The standard InChI is InChI=1S/C12H10BrNO2/c1-15-11-6-3-7-12(14-11)16-10-5-2-4-9(13)8-10/h2-8H,1H3. The zero-order chi connectivity index (χ0) is 11.4. The third-order valence-corrected chi connectivity index (χ3v) is 2.42. The number of hydrogen-bond donors (Lipinski definition) is 0. The SMILES string of the molecule is COc1cccc(Oc2cccc(Br)c2)n1. The van der Waals surface area contributed by atoms with Crippen LogP contribution in [0.3, 0.4) is 0 Å². The number of ether oxygens (including phenoxy) is 2. The van der Waals surface area contributed by atoms with Crippen LogP contribution < -0.4 is 9.47 Å². The van der Waals surface area contributed by atoms with Gasteiger partial charge in [0, 0.05) is 16.6 Å². The van der Waals surface area contributed by atoms with Crippen LogP contribution in [0.4, 0.5) is 0 Å². The van der Waals surface area contributed by atoms with Crippen molar-refractivity contribution in [1.29, 1.82) is 0 Å². The topological polar surface area (TPSA) is 31.4 Å². The van der Waals surface area contributed by atoms with Crippen molar-refractivity contribution >= 4 is 15.9 Å². The summed E-state index contributed by atoms with van der Waals surface area (Å²) in [5.74, 6) is 1.78. The first-order valence-electron chi connectivity index (χ1n) is 4.72. The molecule has 0 aliphatic carbocycles. The van der Waals surface area contributed by atoms with Gasteiger partial charge in [0.1, 0.15) is 5.75 Å². The Hall–Kier alpha value is -1.55. The van der Waals surface area contributed by atoms with Gasteiger partial charge in [0.25, 0.3) is 0 Å². The van der Waals surface area contributed by atoms with E-state index < -0.39 is 0 Å². The van der Waals surface area contributed by atoms with Crippen molar-refractivity contribution in [1.82, 2.24) is 4.98 Å². The molecule has 0 radical (unpaired) electrons. The van der Waals surface area contributed by atoms with E-state index in [0.29, 0.717) is 11.8 Å². The fourth-order valence-electron chi connectivity index (χ4n) is 1.22. The van der Waals surface area contributed by atoms with Crippen LogP contribution in [0.5, 0.6) is 17.5 Å². The Balaban J connectivity index is 2.20. The van der Waals surface area contributed by atoms with E-state index in [4.69, 9.17) is 9.47 Å². The molecule has 16 heavy (non-hydrogen) atoms. The lowest BCUT2D eigenvalue weighted by molar-refractivity contribution is 0.383. The summed E-state index contributed by atoms with van der Waals surface area (Å²) in [6.07, 6.45) is 0. The predicted molar refractivity (Wildman–Crippen MR) is 65.0 cm³/mol. The molecule has 1 aromatic carbocycles. The lowest BCUT2D eigenvalue weighted by atomic mass is 10.3. The number of nitrogens with zero attached hydrogens (tertiary/aromatic N) is 1. The highest BCUT2D eigenvalue weighted by atomic mass is 79.9. The molecular formula is C12H10BrNO2. The zero-order valence-electron chi connectivity index (χ0n) is 8.68. The molecular weight excluding hydrogens is 270 g/mol. The van der Waals surface area contributed by atoms with Crippen molar-refractivity contribution in [3.8, 4) is 17.5 Å². The second kappa shape index (κ2) is 4.99. The van der Waals surface area contributed by atoms with Crippen LogP contribution in [0.1, 0.15) is 0 Å². The average molecular weight is 280 g/mol. The van der Waals surface area contributed by atoms with Crippen LogP contribution in [0, 0.1) is 0 Å². The molecule has 0 saturated carbocycles. The summed E-state index contributed by atoms with van der Waals surface area (Å²) in [5, 5.41) is 0. The Kier molecular flexibility index (Phi) is 3.41. The fourth-order valence-corrected chi connectivity index (χ4v) is 1.60. The first kappa shape index (κ1) is 11.0. The number of halogens is 1. The maximum Gasteiger partial charge on any atom is 0.222 e. The number of hydrogen-bond acceptors (Lipinski definition) is 3. The average Bonchev–Trinajstić information content (AvgIpc) is 2.29. The van der Waals surface area contributed by atoms with Gasteiger partial charge < -0.3 is 9.47 Å². The monoisotopic (exact) mass is 279 g/mol. The van der Waals surface area contributed by atoms with Gasteiger partial charge in [-0.1, -0.05) is 28.1 Å². The van der Waals surface area contributed by atoms with Gasteiger partial charge in [0.2, 0.25) is 11.8 Å². The number of pyridine rings is 1. The Labute approximate surface area is 102 Å². The number of methoxy groups -OCH3 is 1. The van der Waals surface area contributed by atoms with Gasteiger partial charge in [0.05, 0.1) is 7.11 Å². The Bertz CT molecular complexity index is 488. The molecule has 0 N–H and O–H groups in total. The smallest absolute Gasteiger partial charge is 0.222 e. The molecule has 1 aromatic heterocycles. The molecule has 4 heteroatoms. The van der Waals surface area contributed by atoms with Gasteiger partial charge in [0.15, 0.2) is 0 Å². The first-order chi connectivity index (χ1) is 7.78. The van der Waals surface area contributed by atoms with Gasteiger partial charge in [-0.15, -0.1) is 0 Å². The minimum Gasteiger partial charge on any atom is -0.481 e. The molecule has 3 nitrogen and oxygen atoms in total. The molecule has 0 atom stereocenters. The number of rotatable bonds is 3. The van der Waals surface area contributed by atoms with E-state index in [2.05, 4.69) is 20.9 Å². The second-order valence-corrected chi connectivity index (χ2v) is 3.99. The molecule has 0 unspecified atom stereocenters. The molecule has 82 valence electrons. The van der Waals surface area contributed by atoms with Crippen LogP contribution in [-0.4, -0.2) is 12.1 Å². The molecule has 2 aromatic rings. The normalized spacial score (nSPS) is 9.88. The first-order valence-corrected chi connectivity index (χ1v) is 5.52. The summed E-state index contributed by atoms with van der Waals surface area (Å²) < 4.78 is 11.6. The number of aromatic nitrogens is 1. The van der Waals surface area contributed by atoms with E-state index >= 15 is 0 Å². The molecule has 0 aliphatic heterocycles. The Morgan fingerprint density at radius 1 is 1.06 bits per heavy atom. The van der Waals surface area contributed by atoms with Crippen LogP contribution in [-0.2, 0) is 0 Å². The second-order valence-electron chi connectivity index (χ2n) is 3.08. The van der Waals surface area contributed by atoms with Gasteiger partial charge in [-0.3, -0.25) is 0 Å². The van der Waals surface area contributed by atoms with Crippen LogP contribution >= 0.6 is 15.9 Å². The summed E-state index contributed by atoms with van der Waals surface area (Å²) in [6.45, 7) is 0. The van der Waals surface area contributed by atoms with Gasteiger partial charge in [-0.25, -0.2) is 0 Å². The quantitative estimate of drug-likeness (QED) is 0.860. The third kappa shape index (κ3) is 2.73. The summed E-state index contributed by atoms with van der Waals surface area (Å²) in [7, 11) is 1.57. The molecule has 1 heterocycles. The zero-order valence-corrected chi connectivity index (χ0v) is 10.3. The minimum atomic E-state index is 0.512. The largest absolute Gasteiger partial charge is 0.481 e. The van der Waals surface area contributed by atoms with E-state index in [9.17, 15) is 0 Å². The highest BCUT2D eigenvalue weighted by molar-refractivity contribution is 9.10. The molecule has 0 fully saturated rings. The van der Waals surface area contributed by atoms with E-state index in [1.165, 1.54) is 0 Å². The summed E-state index contributed by atoms with van der Waals surface area (Å²) in [6, 6.07) is 13.0. The molecule has 0 amide bonds. The highest BCUT2D eigenvalue weighted by Gasteiger charge is 2.00. The molecule has 2 rings (SSSR count). The van der Waals surface area contributed by atoms with Gasteiger partial charge >= 0.3 is 0 Å². The lowest BCUT2D eigenvalue weighted by Gasteiger charge is -2.05. The van der Waals surface area contributed by atoms with Crippen molar-refractivity contribution in [2.45, 2.75) is 0 Å². The maximum absolute atomic E-state index is 5.58. The van der Waals surface area contributed by atoms with Crippen molar-refractivity contribution in [3.63, 3.8) is 0 Å². The summed E-state index contributed by atoms with van der Waals surface area (Å²) in [4.78, 5) is 4.16. The molecule has 0 aliphatic rings. The van der Waals surface area contributed by atoms with Crippen LogP contribution in [0.25, 0.3) is 0 Å².